The van der Waals surface area contributed by atoms with Gasteiger partial charge in [-0.05, 0) is 52.3 Å². The lowest BCUT2D eigenvalue weighted by Gasteiger charge is -2.29. The van der Waals surface area contributed by atoms with Crippen LogP contribution < -0.4 is 5.32 Å². The zero-order valence-electron chi connectivity index (χ0n) is 10.2. The van der Waals surface area contributed by atoms with Gasteiger partial charge in [0.15, 0.2) is 5.11 Å². The number of piperidine rings is 1. The molecule has 0 aliphatic carbocycles. The Morgan fingerprint density at radius 1 is 1.25 bits per heavy atom. The molecule has 0 aromatic heterocycles. The molecule has 1 aliphatic heterocycles. The lowest BCUT2D eigenvalue weighted by atomic mass is 10.1. The summed E-state index contributed by atoms with van der Waals surface area (Å²) in [7, 11) is 0. The van der Waals surface area contributed by atoms with Crippen LogP contribution in [0.15, 0.2) is 0 Å². The second kappa shape index (κ2) is 5.48. The van der Waals surface area contributed by atoms with Gasteiger partial charge < -0.3 is 9.64 Å². The van der Waals surface area contributed by atoms with E-state index in [0.717, 1.165) is 25.9 Å². The molecule has 16 heavy (non-hydrogen) atoms. The maximum absolute atomic E-state index is 11.5. The molecule has 0 atom stereocenters. The molecular formula is C11H20N2O2S. The standard InChI is InChI=1S/C11H20N2O2S/c1-11(2,3)15-10(14)12-9(16)13-7-5-4-6-8-13/h4-8H2,1-3H3,(H,12,14,16). The molecular weight excluding hydrogens is 224 g/mol. The van der Waals surface area contributed by atoms with Gasteiger partial charge in [-0.3, -0.25) is 5.32 Å². The Morgan fingerprint density at radius 2 is 1.81 bits per heavy atom. The van der Waals surface area contributed by atoms with Crippen LogP contribution in [-0.2, 0) is 4.74 Å². The van der Waals surface area contributed by atoms with Crippen LogP contribution in [0.5, 0.6) is 0 Å². The molecule has 1 heterocycles. The highest BCUT2D eigenvalue weighted by Crippen LogP contribution is 2.10. The highest BCUT2D eigenvalue weighted by Gasteiger charge is 2.19. The molecule has 4 nitrogen and oxygen atoms in total. The lowest BCUT2D eigenvalue weighted by Crippen LogP contribution is -2.46. The van der Waals surface area contributed by atoms with Crippen LogP contribution in [0.25, 0.3) is 0 Å². The third-order valence-electron chi connectivity index (χ3n) is 2.25. The summed E-state index contributed by atoms with van der Waals surface area (Å²) in [6, 6.07) is 0. The number of amides is 1. The number of carbonyl (C=O) groups is 1. The topological polar surface area (TPSA) is 41.6 Å². The molecule has 5 heteroatoms. The van der Waals surface area contributed by atoms with Crippen molar-refractivity contribution in [2.45, 2.75) is 45.6 Å². The van der Waals surface area contributed by atoms with Crippen LogP contribution in [0.2, 0.25) is 0 Å². The number of likely N-dealkylation sites (tertiary alicyclic amines) is 1. The minimum Gasteiger partial charge on any atom is -0.444 e. The molecule has 0 aromatic rings. The molecule has 0 bridgehead atoms. The molecule has 1 rings (SSSR count). The number of alkyl carbamates (subject to hydrolysis) is 1. The van der Waals surface area contributed by atoms with Gasteiger partial charge in [-0.1, -0.05) is 0 Å². The molecule has 1 amide bonds. The fourth-order valence-electron chi connectivity index (χ4n) is 1.57. The highest BCUT2D eigenvalue weighted by molar-refractivity contribution is 7.80. The van der Waals surface area contributed by atoms with E-state index in [4.69, 9.17) is 17.0 Å². The molecule has 0 unspecified atom stereocenters. The predicted molar refractivity (Wildman–Crippen MR) is 67.4 cm³/mol. The van der Waals surface area contributed by atoms with Crippen molar-refractivity contribution in [3.8, 4) is 0 Å². The summed E-state index contributed by atoms with van der Waals surface area (Å²) in [5.41, 5.74) is -0.485. The van der Waals surface area contributed by atoms with Crippen LogP contribution >= 0.6 is 12.2 Å². The van der Waals surface area contributed by atoms with Crippen molar-refractivity contribution in [1.29, 1.82) is 0 Å². The summed E-state index contributed by atoms with van der Waals surface area (Å²) in [6.45, 7) is 7.34. The monoisotopic (exact) mass is 244 g/mol. The molecule has 0 radical (unpaired) electrons. The zero-order valence-corrected chi connectivity index (χ0v) is 11.0. The average molecular weight is 244 g/mol. The van der Waals surface area contributed by atoms with Crippen LogP contribution in [0, 0.1) is 0 Å². The summed E-state index contributed by atoms with van der Waals surface area (Å²) in [5.74, 6) is 0. The first-order valence-electron chi connectivity index (χ1n) is 5.67. The summed E-state index contributed by atoms with van der Waals surface area (Å²) in [6.07, 6.45) is 3.04. The van der Waals surface area contributed by atoms with Crippen molar-refractivity contribution in [2.24, 2.45) is 0 Å². The maximum atomic E-state index is 11.5. The number of ether oxygens (including phenoxy) is 1. The van der Waals surface area contributed by atoms with Gasteiger partial charge >= 0.3 is 6.09 Å². The fourth-order valence-corrected chi connectivity index (χ4v) is 1.83. The van der Waals surface area contributed by atoms with Crippen molar-refractivity contribution in [3.63, 3.8) is 0 Å². The van der Waals surface area contributed by atoms with Crippen molar-refractivity contribution in [3.05, 3.63) is 0 Å². The van der Waals surface area contributed by atoms with E-state index in [1.165, 1.54) is 6.42 Å². The van der Waals surface area contributed by atoms with Gasteiger partial charge in [0, 0.05) is 13.1 Å². The molecule has 0 spiro atoms. The summed E-state index contributed by atoms with van der Waals surface area (Å²) >= 11 is 5.15. The number of thiocarbonyl (C=S) groups is 1. The number of rotatable bonds is 0. The van der Waals surface area contributed by atoms with Gasteiger partial charge in [-0.2, -0.15) is 0 Å². The van der Waals surface area contributed by atoms with Gasteiger partial charge in [-0.25, -0.2) is 4.79 Å². The number of hydrogen-bond donors (Lipinski definition) is 1. The van der Waals surface area contributed by atoms with Crippen LogP contribution in [0.1, 0.15) is 40.0 Å². The van der Waals surface area contributed by atoms with Crippen LogP contribution in [0.4, 0.5) is 4.79 Å². The van der Waals surface area contributed by atoms with Gasteiger partial charge in [-0.15, -0.1) is 0 Å². The maximum Gasteiger partial charge on any atom is 0.413 e. The SMILES string of the molecule is CC(C)(C)OC(=O)NC(=S)N1CCCCC1. The molecule has 1 fully saturated rings. The van der Waals surface area contributed by atoms with Gasteiger partial charge in [0.25, 0.3) is 0 Å². The van der Waals surface area contributed by atoms with E-state index in [1.807, 2.05) is 25.7 Å². The zero-order chi connectivity index (χ0) is 12.2. The molecule has 1 aliphatic rings. The first-order chi connectivity index (χ1) is 7.38. The first-order valence-corrected chi connectivity index (χ1v) is 6.08. The number of nitrogens with zero attached hydrogens (tertiary/aromatic N) is 1. The van der Waals surface area contributed by atoms with Crippen LogP contribution in [-0.4, -0.2) is 34.8 Å². The lowest BCUT2D eigenvalue weighted by molar-refractivity contribution is 0.0557. The first kappa shape index (κ1) is 13.2. The van der Waals surface area contributed by atoms with Gasteiger partial charge in [0.2, 0.25) is 0 Å². The third kappa shape index (κ3) is 4.79. The predicted octanol–water partition coefficient (Wildman–Crippen LogP) is 2.28. The Morgan fingerprint density at radius 3 is 2.31 bits per heavy atom. The summed E-state index contributed by atoms with van der Waals surface area (Å²) in [5, 5.41) is 3.08. The van der Waals surface area contributed by atoms with E-state index in [0.29, 0.717) is 5.11 Å². The molecule has 0 aromatic carbocycles. The van der Waals surface area contributed by atoms with E-state index in [9.17, 15) is 4.79 Å². The van der Waals surface area contributed by atoms with Crippen molar-refractivity contribution < 1.29 is 9.53 Å². The van der Waals surface area contributed by atoms with Crippen LogP contribution in [0.3, 0.4) is 0 Å². The second-order valence-corrected chi connectivity index (χ2v) is 5.37. The van der Waals surface area contributed by atoms with Gasteiger partial charge in [0.05, 0.1) is 0 Å². The van der Waals surface area contributed by atoms with Crippen molar-refractivity contribution in [2.75, 3.05) is 13.1 Å². The quantitative estimate of drug-likeness (QED) is 0.664. The van der Waals surface area contributed by atoms with Crippen molar-refractivity contribution in [1.82, 2.24) is 10.2 Å². The van der Waals surface area contributed by atoms with E-state index in [-0.39, 0.29) is 0 Å². The number of nitrogens with one attached hydrogen (secondary N) is 1. The smallest absolute Gasteiger partial charge is 0.413 e. The normalized spacial score (nSPS) is 16.8. The summed E-state index contributed by atoms with van der Waals surface area (Å²) < 4.78 is 5.13. The van der Waals surface area contributed by atoms with Gasteiger partial charge in [0.1, 0.15) is 5.60 Å². The van der Waals surface area contributed by atoms with E-state index in [2.05, 4.69) is 5.32 Å². The fraction of sp³-hybridized carbons (Fsp3) is 0.818. The molecule has 0 saturated carbocycles. The van der Waals surface area contributed by atoms with E-state index in [1.54, 1.807) is 0 Å². The largest absolute Gasteiger partial charge is 0.444 e. The Labute approximate surface area is 102 Å². The molecule has 1 saturated heterocycles. The highest BCUT2D eigenvalue weighted by atomic mass is 32.1. The second-order valence-electron chi connectivity index (χ2n) is 4.98. The Kier molecular flexibility index (Phi) is 4.53. The Hall–Kier alpha value is -0.840. The van der Waals surface area contributed by atoms with E-state index < -0.39 is 11.7 Å². The van der Waals surface area contributed by atoms with E-state index >= 15 is 0 Å². The minimum absolute atomic E-state index is 0.469. The molecule has 92 valence electrons. The minimum atomic E-state index is -0.485. The van der Waals surface area contributed by atoms with Crippen molar-refractivity contribution >= 4 is 23.4 Å². The summed E-state index contributed by atoms with van der Waals surface area (Å²) in [4.78, 5) is 13.5. The Bertz CT molecular complexity index is 268. The Balaban J connectivity index is 2.35. The third-order valence-corrected chi connectivity index (χ3v) is 2.61. The number of hydrogen-bond acceptors (Lipinski definition) is 3. The number of carbonyl (C=O) groups excluding carboxylic acids is 1. The molecule has 1 N–H and O–H groups in total. The average Bonchev–Trinajstić information content (AvgIpc) is 2.16.